The average Bonchev–Trinajstić information content (AvgIpc) is 2.72. The van der Waals surface area contributed by atoms with Gasteiger partial charge in [0.25, 0.3) is 0 Å². The number of carboxylic acids is 1. The lowest BCUT2D eigenvalue weighted by Gasteiger charge is -2.39. The number of aliphatic carboxylic acids is 1. The lowest BCUT2D eigenvalue weighted by molar-refractivity contribution is -0.144. The number of aromatic nitrogens is 2. The van der Waals surface area contributed by atoms with Gasteiger partial charge in [0.05, 0.1) is 18.1 Å². The second kappa shape index (κ2) is 4.32. The van der Waals surface area contributed by atoms with Crippen LogP contribution in [0.2, 0.25) is 0 Å². The van der Waals surface area contributed by atoms with E-state index in [2.05, 4.69) is 9.97 Å². The molecule has 2 atom stereocenters. The molecule has 0 fully saturated rings. The van der Waals surface area contributed by atoms with Crippen LogP contribution in [0.25, 0.3) is 0 Å². The van der Waals surface area contributed by atoms with Crippen molar-refractivity contribution in [2.24, 2.45) is 5.92 Å². The van der Waals surface area contributed by atoms with Crippen LogP contribution in [-0.2, 0) is 11.2 Å². The molecule has 0 bridgehead atoms. The van der Waals surface area contributed by atoms with E-state index in [9.17, 15) is 19.8 Å². The van der Waals surface area contributed by atoms with Crippen molar-refractivity contribution < 1.29 is 19.8 Å². The van der Waals surface area contributed by atoms with Gasteiger partial charge in [0, 0.05) is 12.1 Å². The molecule has 1 amide bonds. The van der Waals surface area contributed by atoms with Crippen LogP contribution >= 0.6 is 0 Å². The van der Waals surface area contributed by atoms with E-state index in [1.54, 1.807) is 0 Å². The third kappa shape index (κ3) is 1.81. The zero-order chi connectivity index (χ0) is 13.4. The van der Waals surface area contributed by atoms with Gasteiger partial charge in [-0.2, -0.15) is 0 Å². The minimum Gasteiger partial charge on any atom is -0.480 e. The minimum atomic E-state index is -1.23. The van der Waals surface area contributed by atoms with E-state index in [1.165, 1.54) is 6.33 Å². The number of nitrogens with one attached hydrogen (secondary N) is 1. The fourth-order valence-corrected chi connectivity index (χ4v) is 2.46. The molecule has 2 heterocycles. The molecule has 0 radical (unpaired) electrons. The molecule has 18 heavy (non-hydrogen) atoms. The average molecular weight is 253 g/mol. The molecule has 0 saturated carbocycles. The van der Waals surface area contributed by atoms with Crippen molar-refractivity contribution in [3.05, 3.63) is 17.7 Å². The number of aromatic amines is 1. The summed E-state index contributed by atoms with van der Waals surface area (Å²) in [4.78, 5) is 30.6. The number of fused-ring (bicyclic) bond motifs is 1. The van der Waals surface area contributed by atoms with Crippen molar-refractivity contribution in [2.45, 2.75) is 32.4 Å². The lowest BCUT2D eigenvalue weighted by atomic mass is 9.89. The Labute approximate surface area is 103 Å². The van der Waals surface area contributed by atoms with E-state index >= 15 is 0 Å². The Bertz CT molecular complexity index is 482. The Balaban J connectivity index is 2.51. The fourth-order valence-electron chi connectivity index (χ4n) is 2.46. The molecule has 1 aliphatic rings. The number of carboxylic acid groups (broad SMARTS) is 2. The summed E-state index contributed by atoms with van der Waals surface area (Å²) >= 11 is 0. The third-order valence-electron chi connectivity index (χ3n) is 3.20. The smallest absolute Gasteiger partial charge is 0.408 e. The monoisotopic (exact) mass is 253 g/mol. The van der Waals surface area contributed by atoms with E-state index in [0.29, 0.717) is 11.4 Å². The van der Waals surface area contributed by atoms with Crippen molar-refractivity contribution in [3.63, 3.8) is 0 Å². The van der Waals surface area contributed by atoms with E-state index in [0.717, 1.165) is 4.90 Å². The Morgan fingerprint density at radius 2 is 2.17 bits per heavy atom. The second-order valence-electron chi connectivity index (χ2n) is 4.70. The predicted molar refractivity (Wildman–Crippen MR) is 61.2 cm³/mol. The first-order chi connectivity index (χ1) is 8.43. The highest BCUT2D eigenvalue weighted by Gasteiger charge is 2.43. The summed E-state index contributed by atoms with van der Waals surface area (Å²) < 4.78 is 0. The summed E-state index contributed by atoms with van der Waals surface area (Å²) in [7, 11) is 0. The summed E-state index contributed by atoms with van der Waals surface area (Å²) in [6.45, 7) is 3.70. The number of hydrogen-bond donors (Lipinski definition) is 3. The molecular formula is C11H15N3O4. The van der Waals surface area contributed by atoms with E-state index in [1.807, 2.05) is 13.8 Å². The first-order valence-corrected chi connectivity index (χ1v) is 5.69. The number of carbonyl (C=O) groups is 2. The molecule has 98 valence electrons. The third-order valence-corrected chi connectivity index (χ3v) is 3.20. The molecule has 7 heteroatoms. The number of imidazole rings is 1. The van der Waals surface area contributed by atoms with E-state index in [-0.39, 0.29) is 12.3 Å². The Morgan fingerprint density at radius 1 is 1.50 bits per heavy atom. The van der Waals surface area contributed by atoms with Crippen molar-refractivity contribution >= 4 is 12.1 Å². The molecule has 1 aromatic rings. The van der Waals surface area contributed by atoms with Gasteiger partial charge in [-0.25, -0.2) is 14.6 Å². The van der Waals surface area contributed by atoms with Gasteiger partial charge >= 0.3 is 12.1 Å². The van der Waals surface area contributed by atoms with Crippen LogP contribution in [0.15, 0.2) is 6.33 Å². The van der Waals surface area contributed by atoms with Crippen molar-refractivity contribution in [3.8, 4) is 0 Å². The first kappa shape index (κ1) is 12.4. The highest BCUT2D eigenvalue weighted by atomic mass is 16.4. The van der Waals surface area contributed by atoms with Gasteiger partial charge in [-0.05, 0) is 5.92 Å². The van der Waals surface area contributed by atoms with Crippen LogP contribution < -0.4 is 0 Å². The van der Waals surface area contributed by atoms with Gasteiger partial charge in [0.15, 0.2) is 0 Å². The fraction of sp³-hybridized carbons (Fsp3) is 0.545. The topological polar surface area (TPSA) is 107 Å². The summed E-state index contributed by atoms with van der Waals surface area (Å²) in [5.41, 5.74) is 1.34. The zero-order valence-electron chi connectivity index (χ0n) is 10.1. The van der Waals surface area contributed by atoms with Crippen LogP contribution in [0, 0.1) is 5.92 Å². The summed E-state index contributed by atoms with van der Waals surface area (Å²) in [5, 5.41) is 18.4. The largest absolute Gasteiger partial charge is 0.480 e. The molecule has 0 aromatic carbocycles. The van der Waals surface area contributed by atoms with Gasteiger partial charge in [-0.15, -0.1) is 0 Å². The van der Waals surface area contributed by atoms with Crippen LogP contribution in [0.1, 0.15) is 31.3 Å². The normalized spacial score (nSPS) is 22.9. The maximum absolute atomic E-state index is 11.3. The van der Waals surface area contributed by atoms with Crippen molar-refractivity contribution in [1.29, 1.82) is 0 Å². The predicted octanol–water partition coefficient (Wildman–Crippen LogP) is 1.10. The molecule has 1 aliphatic heterocycles. The van der Waals surface area contributed by atoms with Crippen LogP contribution in [-0.4, -0.2) is 43.2 Å². The van der Waals surface area contributed by atoms with Crippen LogP contribution in [0.3, 0.4) is 0 Å². The first-order valence-electron chi connectivity index (χ1n) is 5.69. The SMILES string of the molecule is CC(C)C1c2nc[nH]c2C[C@@H](C(=O)O)N1C(=O)O. The lowest BCUT2D eigenvalue weighted by Crippen LogP contribution is -2.52. The quantitative estimate of drug-likeness (QED) is 0.731. The van der Waals surface area contributed by atoms with Crippen molar-refractivity contribution in [1.82, 2.24) is 14.9 Å². The number of rotatable bonds is 2. The number of H-pyrrole nitrogens is 1. The van der Waals surface area contributed by atoms with Crippen LogP contribution in [0.5, 0.6) is 0 Å². The van der Waals surface area contributed by atoms with Crippen molar-refractivity contribution in [2.75, 3.05) is 0 Å². The highest BCUT2D eigenvalue weighted by molar-refractivity contribution is 5.80. The molecular weight excluding hydrogens is 238 g/mol. The molecule has 0 aliphatic carbocycles. The summed E-state index contributed by atoms with van der Waals surface area (Å²) in [5.74, 6) is -1.19. The number of hydrogen-bond acceptors (Lipinski definition) is 3. The summed E-state index contributed by atoms with van der Waals surface area (Å²) in [6.07, 6.45) is 0.375. The molecule has 2 rings (SSSR count). The highest BCUT2D eigenvalue weighted by Crippen LogP contribution is 2.36. The molecule has 1 aromatic heterocycles. The maximum atomic E-state index is 11.3. The zero-order valence-corrected chi connectivity index (χ0v) is 10.1. The standard InChI is InChI=1S/C11H15N3O4/c1-5(2)9-8-6(12-4-13-8)3-7(10(15)16)14(9)11(17)18/h4-5,7,9H,3H2,1-2H3,(H,12,13)(H,15,16)(H,17,18)/t7-,9?/m0/s1. The molecule has 7 nitrogen and oxygen atoms in total. The number of amides is 1. The van der Waals surface area contributed by atoms with Gasteiger partial charge in [-0.3, -0.25) is 4.90 Å². The molecule has 0 saturated heterocycles. The summed E-state index contributed by atoms with van der Waals surface area (Å²) in [6, 6.07) is -1.60. The Hall–Kier alpha value is -2.05. The van der Waals surface area contributed by atoms with Gasteiger partial charge in [0.1, 0.15) is 6.04 Å². The second-order valence-corrected chi connectivity index (χ2v) is 4.70. The Kier molecular flexibility index (Phi) is 2.98. The van der Waals surface area contributed by atoms with E-state index in [4.69, 9.17) is 0 Å². The van der Waals surface area contributed by atoms with E-state index < -0.39 is 24.1 Å². The van der Waals surface area contributed by atoms with Crippen LogP contribution in [0.4, 0.5) is 4.79 Å². The van der Waals surface area contributed by atoms with Gasteiger partial charge in [0.2, 0.25) is 0 Å². The number of nitrogens with zero attached hydrogens (tertiary/aromatic N) is 2. The molecule has 1 unspecified atom stereocenters. The molecule has 3 N–H and O–H groups in total. The van der Waals surface area contributed by atoms with Gasteiger partial charge < -0.3 is 15.2 Å². The Morgan fingerprint density at radius 3 is 2.67 bits per heavy atom. The maximum Gasteiger partial charge on any atom is 0.408 e. The minimum absolute atomic E-state index is 0.0506. The molecule has 0 spiro atoms. The van der Waals surface area contributed by atoms with Gasteiger partial charge in [-0.1, -0.05) is 13.8 Å².